The second kappa shape index (κ2) is 9.82. The molecule has 4 rings (SSSR count). The van der Waals surface area contributed by atoms with Crippen molar-refractivity contribution < 1.29 is 14.3 Å². The van der Waals surface area contributed by atoms with Crippen LogP contribution >= 0.6 is 0 Å². The SMILES string of the molecule is CCOCc1nc2c(N)nc(C)cc2n1CCC1CCN(C(=O)N2CCOCC2)CC1. The van der Waals surface area contributed by atoms with Crippen LogP contribution in [0.2, 0.25) is 0 Å². The zero-order valence-electron chi connectivity index (χ0n) is 18.7. The van der Waals surface area contributed by atoms with Gasteiger partial charge in [0.25, 0.3) is 0 Å². The summed E-state index contributed by atoms with van der Waals surface area (Å²) in [5.41, 5.74) is 8.81. The maximum atomic E-state index is 12.7. The van der Waals surface area contributed by atoms with E-state index in [0.717, 1.165) is 61.4 Å². The van der Waals surface area contributed by atoms with E-state index >= 15 is 0 Å². The molecule has 2 aliphatic rings. The standard InChI is InChI=1S/C22H34N6O3/c1-3-30-15-19-25-20-18(14-16(2)24-21(20)23)28(19)9-6-17-4-7-26(8-5-17)22(29)27-10-12-31-13-11-27/h14,17H,3-13,15H2,1-2H3,(H2,23,24). The number of urea groups is 1. The van der Waals surface area contributed by atoms with Crippen molar-refractivity contribution in [2.75, 3.05) is 51.7 Å². The number of nitrogens with zero attached hydrogens (tertiary/aromatic N) is 5. The Labute approximate surface area is 183 Å². The lowest BCUT2D eigenvalue weighted by Gasteiger charge is -2.37. The van der Waals surface area contributed by atoms with Gasteiger partial charge in [-0.25, -0.2) is 14.8 Å². The van der Waals surface area contributed by atoms with Gasteiger partial charge < -0.3 is 29.6 Å². The first-order valence-electron chi connectivity index (χ1n) is 11.4. The van der Waals surface area contributed by atoms with E-state index in [-0.39, 0.29) is 6.03 Å². The van der Waals surface area contributed by atoms with E-state index < -0.39 is 0 Å². The Morgan fingerprint density at radius 3 is 2.61 bits per heavy atom. The van der Waals surface area contributed by atoms with Crippen LogP contribution in [0.25, 0.3) is 11.0 Å². The molecule has 2 aromatic rings. The van der Waals surface area contributed by atoms with Crippen LogP contribution in [0.4, 0.5) is 10.6 Å². The predicted octanol–water partition coefficient (Wildman–Crippen LogP) is 2.41. The smallest absolute Gasteiger partial charge is 0.320 e. The van der Waals surface area contributed by atoms with Crippen molar-refractivity contribution in [1.29, 1.82) is 0 Å². The number of pyridine rings is 1. The van der Waals surface area contributed by atoms with E-state index in [2.05, 4.69) is 15.6 Å². The molecular weight excluding hydrogens is 396 g/mol. The number of carbonyl (C=O) groups is 1. The first-order chi connectivity index (χ1) is 15.1. The van der Waals surface area contributed by atoms with Crippen LogP contribution in [0.5, 0.6) is 0 Å². The summed E-state index contributed by atoms with van der Waals surface area (Å²) < 4.78 is 13.2. The number of morpholine rings is 1. The number of piperidine rings is 1. The average Bonchev–Trinajstić information content (AvgIpc) is 3.14. The number of nitrogen functional groups attached to an aromatic ring is 1. The Morgan fingerprint density at radius 2 is 1.90 bits per heavy atom. The van der Waals surface area contributed by atoms with Crippen LogP contribution in [-0.4, -0.2) is 76.4 Å². The molecule has 4 heterocycles. The van der Waals surface area contributed by atoms with E-state index in [4.69, 9.17) is 20.2 Å². The Morgan fingerprint density at radius 1 is 1.19 bits per heavy atom. The Hall–Kier alpha value is -2.39. The third-order valence-electron chi connectivity index (χ3n) is 6.33. The number of hydrogen-bond acceptors (Lipinski definition) is 6. The van der Waals surface area contributed by atoms with Crippen LogP contribution in [-0.2, 0) is 22.6 Å². The molecule has 9 heteroatoms. The number of aryl methyl sites for hydroxylation is 2. The van der Waals surface area contributed by atoms with E-state index in [1.165, 1.54) is 0 Å². The van der Waals surface area contributed by atoms with Crippen molar-refractivity contribution >= 4 is 22.9 Å². The van der Waals surface area contributed by atoms with Crippen LogP contribution < -0.4 is 5.73 Å². The molecule has 0 atom stereocenters. The Kier molecular flexibility index (Phi) is 6.92. The highest BCUT2D eigenvalue weighted by molar-refractivity contribution is 5.85. The normalized spacial score (nSPS) is 18.1. The lowest BCUT2D eigenvalue weighted by atomic mass is 9.93. The number of anilines is 1. The van der Waals surface area contributed by atoms with Gasteiger partial charge >= 0.3 is 6.03 Å². The van der Waals surface area contributed by atoms with E-state index in [1.54, 1.807) is 0 Å². The number of aromatic nitrogens is 3. The Balaban J connectivity index is 1.38. The number of hydrogen-bond donors (Lipinski definition) is 1. The van der Waals surface area contributed by atoms with Gasteiger partial charge in [-0.05, 0) is 45.1 Å². The van der Waals surface area contributed by atoms with Gasteiger partial charge in [-0.1, -0.05) is 0 Å². The van der Waals surface area contributed by atoms with E-state index in [9.17, 15) is 4.79 Å². The third-order valence-corrected chi connectivity index (χ3v) is 6.33. The molecule has 2 fully saturated rings. The van der Waals surface area contributed by atoms with E-state index in [1.807, 2.05) is 23.6 Å². The zero-order valence-corrected chi connectivity index (χ0v) is 18.7. The van der Waals surface area contributed by atoms with Gasteiger partial charge in [0.2, 0.25) is 0 Å². The molecule has 0 radical (unpaired) electrons. The second-order valence-electron chi connectivity index (χ2n) is 8.43. The quantitative estimate of drug-likeness (QED) is 0.756. The highest BCUT2D eigenvalue weighted by Gasteiger charge is 2.27. The summed E-state index contributed by atoms with van der Waals surface area (Å²) in [5.74, 6) is 1.96. The molecule has 2 saturated heterocycles. The fourth-order valence-corrected chi connectivity index (χ4v) is 4.55. The molecule has 0 spiro atoms. The molecule has 2 aromatic heterocycles. The van der Waals surface area contributed by atoms with Crippen LogP contribution in [0.3, 0.4) is 0 Å². The lowest BCUT2D eigenvalue weighted by Crippen LogP contribution is -2.50. The van der Waals surface area contributed by atoms with Crippen molar-refractivity contribution in [3.05, 3.63) is 17.6 Å². The van der Waals surface area contributed by atoms with Gasteiger partial charge in [-0.15, -0.1) is 0 Å². The van der Waals surface area contributed by atoms with Gasteiger partial charge in [-0.2, -0.15) is 0 Å². The van der Waals surface area contributed by atoms with Crippen LogP contribution in [0, 0.1) is 12.8 Å². The monoisotopic (exact) mass is 430 g/mol. The second-order valence-corrected chi connectivity index (χ2v) is 8.43. The van der Waals surface area contributed by atoms with Crippen LogP contribution in [0.15, 0.2) is 6.07 Å². The molecule has 0 aliphatic carbocycles. The number of imidazole rings is 1. The topological polar surface area (TPSA) is 98.7 Å². The molecule has 2 aliphatic heterocycles. The molecule has 31 heavy (non-hydrogen) atoms. The summed E-state index contributed by atoms with van der Waals surface area (Å²) in [4.78, 5) is 25.7. The Bertz CT molecular complexity index is 900. The lowest BCUT2D eigenvalue weighted by molar-refractivity contribution is 0.0398. The number of nitrogens with two attached hydrogens (primary N) is 1. The molecular formula is C22H34N6O3. The summed E-state index contributed by atoms with van der Waals surface area (Å²) in [6.45, 7) is 10.3. The first-order valence-corrected chi connectivity index (χ1v) is 11.4. The van der Waals surface area contributed by atoms with Gasteiger partial charge in [0.15, 0.2) is 5.82 Å². The molecule has 170 valence electrons. The summed E-state index contributed by atoms with van der Waals surface area (Å²) in [6, 6.07) is 2.22. The maximum Gasteiger partial charge on any atom is 0.320 e. The number of carbonyl (C=O) groups excluding carboxylic acids is 1. The third kappa shape index (κ3) is 4.93. The van der Waals surface area contributed by atoms with Gasteiger partial charge in [0.05, 0.1) is 18.7 Å². The number of fused-ring (bicyclic) bond motifs is 1. The molecule has 2 N–H and O–H groups in total. The number of ether oxygens (including phenoxy) is 2. The fraction of sp³-hybridized carbons (Fsp3) is 0.682. The minimum absolute atomic E-state index is 0.166. The molecule has 0 aromatic carbocycles. The van der Waals surface area contributed by atoms with Crippen LogP contribution in [0.1, 0.15) is 37.7 Å². The summed E-state index contributed by atoms with van der Waals surface area (Å²) >= 11 is 0. The van der Waals surface area contributed by atoms with Gasteiger partial charge in [-0.3, -0.25) is 0 Å². The number of rotatable bonds is 6. The van der Waals surface area contributed by atoms with Crippen molar-refractivity contribution in [2.45, 2.75) is 46.3 Å². The molecule has 9 nitrogen and oxygen atoms in total. The first kappa shape index (κ1) is 21.8. The summed E-state index contributed by atoms with van der Waals surface area (Å²) in [5, 5.41) is 0. The number of likely N-dealkylation sites (tertiary alicyclic amines) is 1. The minimum atomic E-state index is 0.166. The predicted molar refractivity (Wildman–Crippen MR) is 119 cm³/mol. The fourth-order valence-electron chi connectivity index (χ4n) is 4.55. The summed E-state index contributed by atoms with van der Waals surface area (Å²) in [6.07, 6.45) is 3.11. The molecule has 2 amide bonds. The zero-order chi connectivity index (χ0) is 21.8. The maximum absolute atomic E-state index is 12.7. The minimum Gasteiger partial charge on any atom is -0.382 e. The van der Waals surface area contributed by atoms with Crippen molar-refractivity contribution in [1.82, 2.24) is 24.3 Å². The highest BCUT2D eigenvalue weighted by atomic mass is 16.5. The number of amides is 2. The summed E-state index contributed by atoms with van der Waals surface area (Å²) in [7, 11) is 0. The molecule has 0 bridgehead atoms. The van der Waals surface area contributed by atoms with Gasteiger partial charge in [0, 0.05) is 45.0 Å². The molecule has 0 saturated carbocycles. The van der Waals surface area contributed by atoms with Crippen molar-refractivity contribution in [2.24, 2.45) is 5.92 Å². The largest absolute Gasteiger partial charge is 0.382 e. The highest BCUT2D eigenvalue weighted by Crippen LogP contribution is 2.26. The average molecular weight is 431 g/mol. The van der Waals surface area contributed by atoms with Crippen molar-refractivity contribution in [3.8, 4) is 0 Å². The van der Waals surface area contributed by atoms with E-state index in [0.29, 0.717) is 51.3 Å². The van der Waals surface area contributed by atoms with Crippen molar-refractivity contribution in [3.63, 3.8) is 0 Å². The van der Waals surface area contributed by atoms with Gasteiger partial charge in [0.1, 0.15) is 17.9 Å². The molecule has 0 unspecified atom stereocenters.